The number of aromatic hydroxyl groups is 2. The second kappa shape index (κ2) is 12.8. The van der Waals surface area contributed by atoms with Gasteiger partial charge in [0, 0.05) is 12.6 Å². The van der Waals surface area contributed by atoms with Gasteiger partial charge in [0.25, 0.3) is 0 Å². The number of hydrogen-bond donors (Lipinski definition) is 2. The maximum atomic E-state index is 11.0. The van der Waals surface area contributed by atoms with Gasteiger partial charge in [-0.2, -0.15) is 0 Å². The maximum Gasteiger partial charge on any atom is 0.169 e. The van der Waals surface area contributed by atoms with Crippen LogP contribution in [-0.4, -0.2) is 50.0 Å². The highest BCUT2D eigenvalue weighted by Crippen LogP contribution is 2.49. The van der Waals surface area contributed by atoms with Crippen LogP contribution in [0.4, 0.5) is 0 Å². The molecule has 0 unspecified atom stereocenters. The Labute approximate surface area is 272 Å². The summed E-state index contributed by atoms with van der Waals surface area (Å²) in [5.74, 6) is 3.63. The van der Waals surface area contributed by atoms with Crippen LogP contribution < -0.4 is 18.9 Å². The van der Waals surface area contributed by atoms with Crippen molar-refractivity contribution in [3.05, 3.63) is 100 Å². The SMILES string of the molecule is COc1ccc(C[C@]2(C)c3cc(Oc4cc(C[C@@H]5c6cc(O)c(OC)cc6CCN5C)ccc4O)c(OC)cc3CC[C@H]2C)cc1. The van der Waals surface area contributed by atoms with E-state index in [0.29, 0.717) is 35.3 Å². The predicted molar refractivity (Wildman–Crippen MR) is 180 cm³/mol. The minimum Gasteiger partial charge on any atom is -0.504 e. The molecule has 7 heteroatoms. The van der Waals surface area contributed by atoms with Gasteiger partial charge >= 0.3 is 0 Å². The topological polar surface area (TPSA) is 80.6 Å². The number of phenols is 2. The molecular formula is C39H45NO6. The summed E-state index contributed by atoms with van der Waals surface area (Å²) in [5.41, 5.74) is 6.95. The van der Waals surface area contributed by atoms with Gasteiger partial charge in [-0.3, -0.25) is 4.90 Å². The van der Waals surface area contributed by atoms with Crippen molar-refractivity contribution in [3.8, 4) is 40.2 Å². The molecule has 6 rings (SSSR count). The Morgan fingerprint density at radius 2 is 1.48 bits per heavy atom. The zero-order valence-corrected chi connectivity index (χ0v) is 27.7. The fourth-order valence-corrected chi connectivity index (χ4v) is 7.35. The first kappa shape index (κ1) is 31.6. The van der Waals surface area contributed by atoms with E-state index in [-0.39, 0.29) is 23.0 Å². The lowest BCUT2D eigenvalue weighted by Crippen LogP contribution is -2.37. The smallest absolute Gasteiger partial charge is 0.169 e. The lowest BCUT2D eigenvalue weighted by atomic mass is 9.62. The first-order valence-corrected chi connectivity index (χ1v) is 16.1. The quantitative estimate of drug-likeness (QED) is 0.197. The van der Waals surface area contributed by atoms with E-state index in [2.05, 4.69) is 50.1 Å². The molecule has 4 aromatic rings. The van der Waals surface area contributed by atoms with E-state index in [9.17, 15) is 10.2 Å². The molecule has 3 atom stereocenters. The van der Waals surface area contributed by atoms with Gasteiger partial charge in [0.05, 0.1) is 21.3 Å². The lowest BCUT2D eigenvalue weighted by molar-refractivity contribution is 0.228. The summed E-state index contributed by atoms with van der Waals surface area (Å²) in [6.07, 6.45) is 4.52. The number of benzene rings is 4. The van der Waals surface area contributed by atoms with Crippen LogP contribution in [0.5, 0.6) is 40.2 Å². The van der Waals surface area contributed by atoms with E-state index >= 15 is 0 Å². The average Bonchev–Trinajstić information content (AvgIpc) is 3.06. The summed E-state index contributed by atoms with van der Waals surface area (Å²) in [6.45, 7) is 5.58. The number of phenolic OH excluding ortho intramolecular Hbond substituents is 2. The highest BCUT2D eigenvalue weighted by molar-refractivity contribution is 5.55. The average molecular weight is 624 g/mol. The molecule has 0 fully saturated rings. The van der Waals surface area contributed by atoms with Crippen LogP contribution in [0.3, 0.4) is 0 Å². The summed E-state index contributed by atoms with van der Waals surface area (Å²) in [6, 6.07) is 21.9. The van der Waals surface area contributed by atoms with E-state index < -0.39 is 0 Å². The largest absolute Gasteiger partial charge is 0.504 e. The van der Waals surface area contributed by atoms with Gasteiger partial charge in [0.1, 0.15) is 5.75 Å². The number of likely N-dealkylation sites (N-methyl/N-ethyl adjacent to an activating group) is 1. The van der Waals surface area contributed by atoms with E-state index in [1.165, 1.54) is 22.3 Å². The third kappa shape index (κ3) is 5.96. The molecule has 0 saturated heterocycles. The van der Waals surface area contributed by atoms with E-state index in [4.69, 9.17) is 18.9 Å². The monoisotopic (exact) mass is 623 g/mol. The number of aryl methyl sites for hydroxylation is 1. The molecule has 0 spiro atoms. The van der Waals surface area contributed by atoms with Gasteiger partial charge in [-0.25, -0.2) is 0 Å². The molecule has 7 nitrogen and oxygen atoms in total. The van der Waals surface area contributed by atoms with Gasteiger partial charge in [-0.1, -0.05) is 32.0 Å². The zero-order chi connectivity index (χ0) is 32.6. The summed E-state index contributed by atoms with van der Waals surface area (Å²) in [7, 11) is 7.03. The molecule has 1 heterocycles. The van der Waals surface area contributed by atoms with Crippen molar-refractivity contribution in [1.29, 1.82) is 0 Å². The molecule has 4 aromatic carbocycles. The van der Waals surface area contributed by atoms with Crippen molar-refractivity contribution in [1.82, 2.24) is 4.90 Å². The van der Waals surface area contributed by atoms with Crippen LogP contribution in [0.1, 0.15) is 59.7 Å². The molecule has 2 N–H and O–H groups in total. The third-order valence-corrected chi connectivity index (χ3v) is 10.4. The lowest BCUT2D eigenvalue weighted by Gasteiger charge is -2.42. The van der Waals surface area contributed by atoms with Crippen LogP contribution in [0.25, 0.3) is 0 Å². The number of nitrogens with zero attached hydrogens (tertiary/aromatic N) is 1. The fraction of sp³-hybridized carbons (Fsp3) is 0.385. The second-order valence-corrected chi connectivity index (χ2v) is 13.1. The second-order valence-electron chi connectivity index (χ2n) is 13.1. The molecule has 2 aliphatic rings. The summed E-state index contributed by atoms with van der Waals surface area (Å²) < 4.78 is 23.1. The Bertz CT molecular complexity index is 1720. The molecule has 1 aliphatic carbocycles. The van der Waals surface area contributed by atoms with Crippen molar-refractivity contribution < 1.29 is 29.2 Å². The first-order valence-electron chi connectivity index (χ1n) is 16.1. The number of hydrogen-bond acceptors (Lipinski definition) is 7. The molecular weight excluding hydrogens is 578 g/mol. The molecule has 0 radical (unpaired) electrons. The number of fused-ring (bicyclic) bond motifs is 2. The van der Waals surface area contributed by atoms with Gasteiger partial charge in [-0.05, 0) is 132 Å². The van der Waals surface area contributed by atoms with Crippen molar-refractivity contribution in [2.75, 3.05) is 34.9 Å². The number of methoxy groups -OCH3 is 3. The standard InChI is InChI=1S/C39H45NO6/c1-24-7-11-28-20-37(45-6)38(22-31(28)39(24,2)23-25-8-12-29(43-4)13-9-25)46-36-18-26(10-14-33(36)41)17-32-30-21-34(42)35(44-5)19-27(30)15-16-40(32)3/h8-10,12-14,18-22,24,32,41-42H,7,11,15-17,23H2,1-6H3/t24-,32-,39+/m1/s1. The van der Waals surface area contributed by atoms with E-state index in [1.54, 1.807) is 27.4 Å². The molecule has 0 aromatic heterocycles. The minimum atomic E-state index is -0.121. The van der Waals surface area contributed by atoms with Crippen LogP contribution in [0.15, 0.2) is 66.7 Å². The third-order valence-electron chi connectivity index (χ3n) is 10.4. The Hall–Kier alpha value is -4.36. The number of rotatable bonds is 9. The summed E-state index contributed by atoms with van der Waals surface area (Å²) in [4.78, 5) is 2.30. The Morgan fingerprint density at radius 1 is 0.761 bits per heavy atom. The van der Waals surface area contributed by atoms with Crippen LogP contribution in [-0.2, 0) is 31.1 Å². The predicted octanol–water partition coefficient (Wildman–Crippen LogP) is 7.77. The first-order chi connectivity index (χ1) is 22.1. The molecule has 242 valence electrons. The minimum absolute atomic E-state index is 0.0522. The Morgan fingerprint density at radius 3 is 2.20 bits per heavy atom. The van der Waals surface area contributed by atoms with E-state index in [0.717, 1.165) is 49.1 Å². The molecule has 0 bridgehead atoms. The van der Waals surface area contributed by atoms with Crippen molar-refractivity contribution in [2.45, 2.75) is 57.4 Å². The van der Waals surface area contributed by atoms with Gasteiger partial charge in [-0.15, -0.1) is 0 Å². The van der Waals surface area contributed by atoms with E-state index in [1.807, 2.05) is 36.4 Å². The molecule has 0 saturated carbocycles. The van der Waals surface area contributed by atoms with Gasteiger partial charge in [0.15, 0.2) is 34.5 Å². The van der Waals surface area contributed by atoms with Crippen LogP contribution >= 0.6 is 0 Å². The number of ether oxygens (including phenoxy) is 4. The Kier molecular flexibility index (Phi) is 8.80. The highest BCUT2D eigenvalue weighted by Gasteiger charge is 2.39. The van der Waals surface area contributed by atoms with Crippen LogP contribution in [0.2, 0.25) is 0 Å². The highest BCUT2D eigenvalue weighted by atomic mass is 16.5. The Balaban J connectivity index is 1.32. The molecule has 1 aliphatic heterocycles. The molecule has 0 amide bonds. The zero-order valence-electron chi connectivity index (χ0n) is 27.7. The van der Waals surface area contributed by atoms with Crippen LogP contribution in [0, 0.1) is 5.92 Å². The van der Waals surface area contributed by atoms with Gasteiger partial charge < -0.3 is 29.2 Å². The fourth-order valence-electron chi connectivity index (χ4n) is 7.35. The summed E-state index contributed by atoms with van der Waals surface area (Å²) >= 11 is 0. The maximum absolute atomic E-state index is 11.0. The summed E-state index contributed by atoms with van der Waals surface area (Å²) in [5, 5.41) is 21.5. The van der Waals surface area contributed by atoms with Crippen molar-refractivity contribution in [2.24, 2.45) is 5.92 Å². The van der Waals surface area contributed by atoms with Crippen molar-refractivity contribution >= 4 is 0 Å². The normalized spacial score (nSPS) is 20.8. The van der Waals surface area contributed by atoms with Gasteiger partial charge in [0.2, 0.25) is 0 Å². The van der Waals surface area contributed by atoms with Crippen molar-refractivity contribution in [3.63, 3.8) is 0 Å². The molecule has 46 heavy (non-hydrogen) atoms.